The second-order valence-electron chi connectivity index (χ2n) is 13.7. The maximum Gasteiger partial charge on any atom is 0.0534 e. The first kappa shape index (κ1) is 25.8. The lowest BCUT2D eigenvalue weighted by Crippen LogP contribution is -2.12. The van der Waals surface area contributed by atoms with Gasteiger partial charge in [-0.1, -0.05) is 54.6 Å². The SMILES string of the molecule is c1ccc2c(c1)c1c(n2-c2cc(-n3c4c(c5ccccc53)CCCC4)cc(-n3c4c(c5ccccc53)CCCC4)c2)CCCC1. The molecule has 0 radical (unpaired) electrons. The number of hydrogen-bond acceptors (Lipinski definition) is 0. The van der Waals surface area contributed by atoms with Gasteiger partial charge >= 0.3 is 0 Å². The zero-order chi connectivity index (χ0) is 29.5. The molecular weight excluding hydrogens is 546 g/mol. The third kappa shape index (κ3) is 3.76. The van der Waals surface area contributed by atoms with Crippen LogP contribution < -0.4 is 0 Å². The van der Waals surface area contributed by atoms with Crippen molar-refractivity contribution in [3.63, 3.8) is 0 Å². The van der Waals surface area contributed by atoms with E-state index in [9.17, 15) is 0 Å². The molecule has 0 fully saturated rings. The van der Waals surface area contributed by atoms with E-state index in [4.69, 9.17) is 0 Å². The number of aryl methyl sites for hydroxylation is 3. The fourth-order valence-electron chi connectivity index (χ4n) is 9.34. The van der Waals surface area contributed by atoms with Crippen LogP contribution in [-0.4, -0.2) is 13.7 Å². The zero-order valence-corrected chi connectivity index (χ0v) is 26.0. The molecule has 4 aromatic carbocycles. The van der Waals surface area contributed by atoms with Crippen molar-refractivity contribution in [3.8, 4) is 17.1 Å². The molecule has 0 saturated carbocycles. The summed E-state index contributed by atoms with van der Waals surface area (Å²) in [5, 5.41) is 4.31. The summed E-state index contributed by atoms with van der Waals surface area (Å²) in [6.07, 6.45) is 14.6. The Morgan fingerprint density at radius 3 is 0.956 bits per heavy atom. The minimum Gasteiger partial charge on any atom is -0.313 e. The molecule has 45 heavy (non-hydrogen) atoms. The van der Waals surface area contributed by atoms with Gasteiger partial charge in [0.2, 0.25) is 0 Å². The first-order valence-electron chi connectivity index (χ1n) is 17.3. The van der Waals surface area contributed by atoms with Crippen LogP contribution in [0.4, 0.5) is 0 Å². The highest BCUT2D eigenvalue weighted by atomic mass is 15.1. The lowest BCUT2D eigenvalue weighted by atomic mass is 9.95. The lowest BCUT2D eigenvalue weighted by Gasteiger charge is -2.22. The van der Waals surface area contributed by atoms with Gasteiger partial charge in [0, 0.05) is 33.2 Å². The van der Waals surface area contributed by atoms with E-state index in [0.717, 1.165) is 19.3 Å². The Labute approximate surface area is 264 Å². The van der Waals surface area contributed by atoms with E-state index in [-0.39, 0.29) is 0 Å². The molecule has 0 amide bonds. The maximum atomic E-state index is 2.63. The van der Waals surface area contributed by atoms with Crippen LogP contribution in [-0.2, 0) is 38.5 Å². The van der Waals surface area contributed by atoms with Gasteiger partial charge in [-0.25, -0.2) is 0 Å². The van der Waals surface area contributed by atoms with Crippen molar-refractivity contribution in [2.24, 2.45) is 0 Å². The smallest absolute Gasteiger partial charge is 0.0534 e. The number of rotatable bonds is 3. The molecule has 0 spiro atoms. The van der Waals surface area contributed by atoms with E-state index in [2.05, 4.69) is 105 Å². The largest absolute Gasteiger partial charge is 0.313 e. The number of nitrogens with zero attached hydrogens (tertiary/aromatic N) is 3. The van der Waals surface area contributed by atoms with Gasteiger partial charge in [0.15, 0.2) is 0 Å². The summed E-state index contributed by atoms with van der Waals surface area (Å²) in [5.74, 6) is 0. The highest BCUT2D eigenvalue weighted by Gasteiger charge is 2.26. The summed E-state index contributed by atoms with van der Waals surface area (Å²) in [5.41, 5.74) is 17.2. The molecule has 0 unspecified atom stereocenters. The number of benzene rings is 4. The fourth-order valence-corrected chi connectivity index (χ4v) is 9.34. The highest BCUT2D eigenvalue weighted by Crippen LogP contribution is 2.40. The van der Waals surface area contributed by atoms with Crippen LogP contribution in [0.1, 0.15) is 72.3 Å². The summed E-state index contributed by atoms with van der Waals surface area (Å²) in [4.78, 5) is 0. The average molecular weight is 586 g/mol. The summed E-state index contributed by atoms with van der Waals surface area (Å²) < 4.78 is 7.90. The van der Waals surface area contributed by atoms with Crippen molar-refractivity contribution in [1.29, 1.82) is 0 Å². The monoisotopic (exact) mass is 585 g/mol. The van der Waals surface area contributed by atoms with Crippen LogP contribution >= 0.6 is 0 Å². The second-order valence-corrected chi connectivity index (χ2v) is 13.7. The van der Waals surface area contributed by atoms with Gasteiger partial charge < -0.3 is 13.7 Å². The molecule has 3 aliphatic carbocycles. The fraction of sp³-hybridized carbons (Fsp3) is 0.286. The predicted octanol–water partition coefficient (Wildman–Crippen LogP) is 10.2. The van der Waals surface area contributed by atoms with E-state index in [1.807, 2.05) is 0 Å². The molecular formula is C42H39N3. The van der Waals surface area contributed by atoms with Gasteiger partial charge in [-0.15, -0.1) is 0 Å². The lowest BCUT2D eigenvalue weighted by molar-refractivity contribution is 0.663. The van der Waals surface area contributed by atoms with Crippen molar-refractivity contribution in [2.45, 2.75) is 77.0 Å². The van der Waals surface area contributed by atoms with Gasteiger partial charge in [-0.05, 0) is 130 Å². The van der Waals surface area contributed by atoms with Gasteiger partial charge in [-0.3, -0.25) is 0 Å². The molecule has 3 aromatic heterocycles. The molecule has 3 aliphatic rings. The molecule has 3 heterocycles. The Bertz CT molecular complexity index is 2020. The maximum absolute atomic E-state index is 2.63. The van der Waals surface area contributed by atoms with Crippen molar-refractivity contribution >= 4 is 32.7 Å². The third-order valence-electron chi connectivity index (χ3n) is 11.2. The van der Waals surface area contributed by atoms with Gasteiger partial charge in [-0.2, -0.15) is 0 Å². The molecule has 3 nitrogen and oxygen atoms in total. The van der Waals surface area contributed by atoms with Crippen molar-refractivity contribution in [1.82, 2.24) is 13.7 Å². The molecule has 0 aliphatic heterocycles. The number of fused-ring (bicyclic) bond motifs is 9. The normalized spacial score (nSPS) is 16.3. The molecule has 3 heteroatoms. The molecule has 7 aromatic rings. The van der Waals surface area contributed by atoms with Crippen LogP contribution in [0.3, 0.4) is 0 Å². The minimum absolute atomic E-state index is 1.15. The Kier molecular flexibility index (Phi) is 5.73. The standard InChI is InChI=1S/C42H39N3/c1-7-19-37-31(13-1)32-14-2-8-20-38(32)43(37)28-25-29(44-39-21-9-3-15-33(39)34-16-4-10-22-40(34)44)27-30(26-28)45-41-23-11-5-17-35(41)36-18-6-12-24-42(36)45/h1,3,5,7,9,11,13,15,17,19,21,23,25-27H,2,4,6,8,10,12,14,16,18,20,22,24H2. The first-order valence-corrected chi connectivity index (χ1v) is 17.3. The van der Waals surface area contributed by atoms with Crippen molar-refractivity contribution in [3.05, 3.63) is 125 Å². The van der Waals surface area contributed by atoms with Crippen LogP contribution in [0.2, 0.25) is 0 Å². The van der Waals surface area contributed by atoms with Gasteiger partial charge in [0.25, 0.3) is 0 Å². The van der Waals surface area contributed by atoms with Gasteiger partial charge in [0.1, 0.15) is 0 Å². The molecule has 0 atom stereocenters. The molecule has 0 saturated heterocycles. The summed E-state index contributed by atoms with van der Waals surface area (Å²) in [7, 11) is 0. The first-order chi connectivity index (χ1) is 22.3. The van der Waals surface area contributed by atoms with E-state index in [0.29, 0.717) is 0 Å². The van der Waals surface area contributed by atoms with E-state index >= 15 is 0 Å². The average Bonchev–Trinajstić information content (AvgIpc) is 3.74. The van der Waals surface area contributed by atoms with Crippen LogP contribution in [0.25, 0.3) is 49.8 Å². The van der Waals surface area contributed by atoms with Crippen molar-refractivity contribution in [2.75, 3.05) is 0 Å². The molecule has 0 bridgehead atoms. The van der Waals surface area contributed by atoms with Crippen LogP contribution in [0.5, 0.6) is 0 Å². The van der Waals surface area contributed by atoms with Crippen molar-refractivity contribution < 1.29 is 0 Å². The Morgan fingerprint density at radius 2 is 0.622 bits per heavy atom. The summed E-state index contributed by atoms with van der Waals surface area (Å²) in [6.45, 7) is 0. The number of aromatic nitrogens is 3. The quantitative estimate of drug-likeness (QED) is 0.196. The van der Waals surface area contributed by atoms with E-state index < -0.39 is 0 Å². The number of hydrogen-bond donors (Lipinski definition) is 0. The highest BCUT2D eigenvalue weighted by molar-refractivity contribution is 5.91. The predicted molar refractivity (Wildman–Crippen MR) is 187 cm³/mol. The molecule has 222 valence electrons. The molecule has 10 rings (SSSR count). The van der Waals surface area contributed by atoms with Crippen LogP contribution in [0, 0.1) is 0 Å². The Balaban J connectivity index is 1.32. The third-order valence-corrected chi connectivity index (χ3v) is 11.2. The molecule has 0 N–H and O–H groups in total. The summed E-state index contributed by atoms with van der Waals surface area (Å²) >= 11 is 0. The Hall–Kier alpha value is -4.50. The zero-order valence-electron chi connectivity index (χ0n) is 26.0. The Morgan fingerprint density at radius 1 is 0.333 bits per heavy atom. The van der Waals surface area contributed by atoms with E-state index in [1.165, 1.54) is 125 Å². The van der Waals surface area contributed by atoms with Gasteiger partial charge in [0.05, 0.1) is 33.6 Å². The summed E-state index contributed by atoms with van der Waals surface area (Å²) in [6, 6.07) is 34.9. The number of para-hydroxylation sites is 3. The van der Waals surface area contributed by atoms with Crippen LogP contribution in [0.15, 0.2) is 91.0 Å². The minimum atomic E-state index is 1.15. The van der Waals surface area contributed by atoms with E-state index in [1.54, 1.807) is 16.7 Å². The topological polar surface area (TPSA) is 14.8 Å². The second kappa shape index (κ2) is 10.0.